The van der Waals surface area contributed by atoms with Crippen LogP contribution in [0.25, 0.3) is 0 Å². The molecule has 0 aliphatic heterocycles. The van der Waals surface area contributed by atoms with Crippen molar-refractivity contribution in [3.05, 3.63) is 64.1 Å². The van der Waals surface area contributed by atoms with Gasteiger partial charge in [-0.15, -0.1) is 0 Å². The van der Waals surface area contributed by atoms with Crippen LogP contribution in [-0.2, 0) is 20.2 Å². The van der Waals surface area contributed by atoms with Crippen LogP contribution >= 0.6 is 15.9 Å². The zero-order chi connectivity index (χ0) is 21.6. The molecule has 3 rings (SSSR count). The second-order valence-electron chi connectivity index (χ2n) is 7.57. The SMILES string of the molecule is COCCNS(=O)(=O)c1ccc(Br)c(C(=O)NCC2(c3ccccc3)CCCC2)c1. The van der Waals surface area contributed by atoms with Crippen molar-refractivity contribution in [2.45, 2.75) is 36.0 Å². The first-order chi connectivity index (χ1) is 14.4. The van der Waals surface area contributed by atoms with Crippen molar-refractivity contribution in [1.29, 1.82) is 0 Å². The third-order valence-corrected chi connectivity index (χ3v) is 7.78. The minimum absolute atomic E-state index is 0.0468. The summed E-state index contributed by atoms with van der Waals surface area (Å²) in [5, 5.41) is 3.05. The highest BCUT2D eigenvalue weighted by Gasteiger charge is 2.36. The molecule has 2 N–H and O–H groups in total. The maximum atomic E-state index is 13.0. The molecule has 0 spiro atoms. The fourth-order valence-electron chi connectivity index (χ4n) is 3.96. The van der Waals surface area contributed by atoms with Crippen LogP contribution in [0.2, 0.25) is 0 Å². The van der Waals surface area contributed by atoms with Crippen molar-refractivity contribution in [3.8, 4) is 0 Å². The second-order valence-corrected chi connectivity index (χ2v) is 10.2. The topological polar surface area (TPSA) is 84.5 Å². The summed E-state index contributed by atoms with van der Waals surface area (Å²) in [7, 11) is -2.22. The summed E-state index contributed by atoms with van der Waals surface area (Å²) in [6.45, 7) is 0.950. The van der Waals surface area contributed by atoms with Crippen LogP contribution < -0.4 is 10.0 Å². The van der Waals surface area contributed by atoms with Crippen LogP contribution in [-0.4, -0.2) is 41.1 Å². The van der Waals surface area contributed by atoms with Crippen molar-refractivity contribution in [1.82, 2.24) is 10.0 Å². The molecule has 1 fully saturated rings. The van der Waals surface area contributed by atoms with Gasteiger partial charge in [-0.25, -0.2) is 13.1 Å². The molecule has 0 radical (unpaired) electrons. The van der Waals surface area contributed by atoms with E-state index in [2.05, 4.69) is 38.1 Å². The molecule has 0 bridgehead atoms. The van der Waals surface area contributed by atoms with Gasteiger partial charge in [-0.05, 0) is 52.5 Å². The average molecular weight is 495 g/mol. The van der Waals surface area contributed by atoms with Crippen LogP contribution in [0.4, 0.5) is 0 Å². The Hall–Kier alpha value is -1.74. The number of carbonyl (C=O) groups excluding carboxylic acids is 1. The fourth-order valence-corrected chi connectivity index (χ4v) is 5.43. The predicted molar refractivity (Wildman–Crippen MR) is 120 cm³/mol. The van der Waals surface area contributed by atoms with E-state index in [1.165, 1.54) is 24.8 Å². The summed E-state index contributed by atoms with van der Waals surface area (Å²) >= 11 is 3.38. The van der Waals surface area contributed by atoms with E-state index < -0.39 is 10.0 Å². The van der Waals surface area contributed by atoms with E-state index in [1.807, 2.05) is 18.2 Å². The quantitative estimate of drug-likeness (QED) is 0.521. The van der Waals surface area contributed by atoms with E-state index in [1.54, 1.807) is 6.07 Å². The molecule has 30 heavy (non-hydrogen) atoms. The smallest absolute Gasteiger partial charge is 0.252 e. The van der Waals surface area contributed by atoms with Crippen LogP contribution in [0.1, 0.15) is 41.6 Å². The summed E-state index contributed by atoms with van der Waals surface area (Å²) in [4.78, 5) is 13.0. The Morgan fingerprint density at radius 2 is 1.83 bits per heavy atom. The first-order valence-electron chi connectivity index (χ1n) is 10.00. The van der Waals surface area contributed by atoms with E-state index >= 15 is 0 Å². The van der Waals surface area contributed by atoms with E-state index in [-0.39, 0.29) is 29.4 Å². The van der Waals surface area contributed by atoms with E-state index in [9.17, 15) is 13.2 Å². The molecule has 1 aliphatic carbocycles. The van der Waals surface area contributed by atoms with Crippen molar-refractivity contribution in [2.24, 2.45) is 0 Å². The molecular weight excluding hydrogens is 468 g/mol. The number of nitrogens with one attached hydrogen (secondary N) is 2. The highest BCUT2D eigenvalue weighted by atomic mass is 79.9. The molecule has 162 valence electrons. The number of methoxy groups -OCH3 is 1. The molecule has 8 heteroatoms. The largest absolute Gasteiger partial charge is 0.383 e. The zero-order valence-corrected chi connectivity index (χ0v) is 19.4. The minimum Gasteiger partial charge on any atom is -0.383 e. The molecule has 0 atom stereocenters. The lowest BCUT2D eigenvalue weighted by atomic mass is 9.79. The first kappa shape index (κ1) is 22.9. The monoisotopic (exact) mass is 494 g/mol. The molecule has 2 aromatic carbocycles. The summed E-state index contributed by atoms with van der Waals surface area (Å²) in [5.41, 5.74) is 1.46. The number of hydrogen-bond donors (Lipinski definition) is 2. The number of sulfonamides is 1. The third-order valence-electron chi connectivity index (χ3n) is 5.63. The molecular formula is C22H27BrN2O4S. The highest BCUT2D eigenvalue weighted by Crippen LogP contribution is 2.40. The summed E-state index contributed by atoms with van der Waals surface area (Å²) in [5.74, 6) is -0.293. The van der Waals surface area contributed by atoms with Crippen molar-refractivity contribution in [2.75, 3.05) is 26.8 Å². The third kappa shape index (κ3) is 5.29. The van der Waals surface area contributed by atoms with Gasteiger partial charge >= 0.3 is 0 Å². The Labute approximate surface area is 186 Å². The zero-order valence-electron chi connectivity index (χ0n) is 17.0. The number of benzene rings is 2. The number of ether oxygens (including phenoxy) is 1. The van der Waals surface area contributed by atoms with Gasteiger partial charge in [0, 0.05) is 30.1 Å². The first-order valence-corrected chi connectivity index (χ1v) is 12.3. The van der Waals surface area contributed by atoms with E-state index in [0.29, 0.717) is 16.6 Å². The van der Waals surface area contributed by atoms with Gasteiger partial charge in [0.2, 0.25) is 10.0 Å². The lowest BCUT2D eigenvalue weighted by molar-refractivity contribution is 0.0942. The van der Waals surface area contributed by atoms with Gasteiger partial charge in [0.05, 0.1) is 17.1 Å². The van der Waals surface area contributed by atoms with Crippen LogP contribution in [0.5, 0.6) is 0 Å². The van der Waals surface area contributed by atoms with Crippen LogP contribution in [0, 0.1) is 0 Å². The summed E-state index contributed by atoms with van der Waals surface area (Å²) in [6, 6.07) is 14.7. The maximum absolute atomic E-state index is 13.0. The van der Waals surface area contributed by atoms with Crippen molar-refractivity contribution < 1.29 is 17.9 Å². The van der Waals surface area contributed by atoms with Gasteiger partial charge in [0.1, 0.15) is 0 Å². The number of rotatable bonds is 9. The van der Waals surface area contributed by atoms with E-state index in [0.717, 1.165) is 25.7 Å². The average Bonchev–Trinajstić information content (AvgIpc) is 3.23. The van der Waals surface area contributed by atoms with Crippen molar-refractivity contribution in [3.63, 3.8) is 0 Å². The normalized spacial score (nSPS) is 15.8. The van der Waals surface area contributed by atoms with Crippen molar-refractivity contribution >= 4 is 31.9 Å². The van der Waals surface area contributed by atoms with Gasteiger partial charge in [-0.2, -0.15) is 0 Å². The Balaban J connectivity index is 1.77. The van der Waals surface area contributed by atoms with Gasteiger partial charge in [-0.1, -0.05) is 43.2 Å². The molecule has 1 amide bonds. The van der Waals surface area contributed by atoms with Gasteiger partial charge in [0.25, 0.3) is 5.91 Å². The van der Waals surface area contributed by atoms with Crippen LogP contribution in [0.15, 0.2) is 57.9 Å². The van der Waals surface area contributed by atoms with Crippen LogP contribution in [0.3, 0.4) is 0 Å². The lowest BCUT2D eigenvalue weighted by Gasteiger charge is -2.30. The Kier molecular flexibility index (Phi) is 7.68. The molecule has 0 aromatic heterocycles. The molecule has 0 unspecified atom stereocenters. The molecule has 1 saturated carbocycles. The maximum Gasteiger partial charge on any atom is 0.252 e. The summed E-state index contributed by atoms with van der Waals surface area (Å²) in [6.07, 6.45) is 4.32. The number of halogens is 1. The fraction of sp³-hybridized carbons (Fsp3) is 0.409. The minimum atomic E-state index is -3.72. The van der Waals surface area contributed by atoms with E-state index in [4.69, 9.17) is 4.74 Å². The van der Waals surface area contributed by atoms with Gasteiger partial charge in [0.15, 0.2) is 0 Å². The van der Waals surface area contributed by atoms with Gasteiger partial charge in [-0.3, -0.25) is 4.79 Å². The standard InChI is InChI=1S/C22H27BrN2O4S/c1-29-14-13-25-30(27,28)18-9-10-20(23)19(15-18)21(26)24-16-22(11-5-6-12-22)17-7-3-2-4-8-17/h2-4,7-10,15,25H,5-6,11-14,16H2,1H3,(H,24,26). The Bertz CT molecular complexity index is 974. The molecule has 2 aromatic rings. The molecule has 0 saturated heterocycles. The highest BCUT2D eigenvalue weighted by molar-refractivity contribution is 9.10. The number of hydrogen-bond acceptors (Lipinski definition) is 4. The Morgan fingerprint density at radius 3 is 2.50 bits per heavy atom. The molecule has 0 heterocycles. The summed E-state index contributed by atoms with van der Waals surface area (Å²) < 4.78 is 32.9. The van der Waals surface area contributed by atoms with Gasteiger partial charge < -0.3 is 10.1 Å². The lowest BCUT2D eigenvalue weighted by Crippen LogP contribution is -2.39. The number of amides is 1. The molecule has 1 aliphatic rings. The number of carbonyl (C=O) groups is 1. The predicted octanol–water partition coefficient (Wildman–Crippen LogP) is 3.62. The molecule has 6 nitrogen and oxygen atoms in total. The second kappa shape index (κ2) is 10.0. The Morgan fingerprint density at radius 1 is 1.13 bits per heavy atom.